The van der Waals surface area contributed by atoms with Crippen molar-refractivity contribution >= 4 is 5.97 Å². The zero-order chi connectivity index (χ0) is 15.1. The minimum Gasteiger partial charge on any atom is -0.476 e. The van der Waals surface area contributed by atoms with Gasteiger partial charge in [-0.25, -0.2) is 9.78 Å². The fraction of sp³-hybridized carbons (Fsp3) is 0.412. The molecule has 0 saturated carbocycles. The van der Waals surface area contributed by atoms with Gasteiger partial charge in [-0.3, -0.25) is 0 Å². The molecule has 0 aliphatic rings. The Hall–Kier alpha value is -2.10. The molecular formula is C17H21NO3. The van der Waals surface area contributed by atoms with Gasteiger partial charge < -0.3 is 9.52 Å². The number of carboxylic acids is 1. The summed E-state index contributed by atoms with van der Waals surface area (Å²) >= 11 is 0. The number of nitrogens with zero attached hydrogens (tertiary/aromatic N) is 1. The summed E-state index contributed by atoms with van der Waals surface area (Å²) in [5, 5.41) is 9.24. The van der Waals surface area contributed by atoms with Crippen LogP contribution < -0.4 is 0 Å². The molecular weight excluding hydrogens is 266 g/mol. The lowest BCUT2D eigenvalue weighted by atomic mass is 10.1. The van der Waals surface area contributed by atoms with Gasteiger partial charge in [0, 0.05) is 12.0 Å². The second kappa shape index (κ2) is 7.62. The number of carboxylic acid groups (broad SMARTS) is 1. The molecule has 4 nitrogen and oxygen atoms in total. The number of rotatable bonds is 8. The highest BCUT2D eigenvalue weighted by atomic mass is 16.4. The van der Waals surface area contributed by atoms with Crippen LogP contribution in [0.1, 0.15) is 55.3 Å². The van der Waals surface area contributed by atoms with Crippen molar-refractivity contribution in [1.29, 1.82) is 0 Å². The van der Waals surface area contributed by atoms with Gasteiger partial charge in [0.25, 0.3) is 0 Å². The fourth-order valence-electron chi connectivity index (χ4n) is 2.28. The summed E-state index contributed by atoms with van der Waals surface area (Å²) in [6.07, 6.45) is 6.25. The van der Waals surface area contributed by atoms with E-state index in [-0.39, 0.29) is 5.69 Å². The van der Waals surface area contributed by atoms with Crippen molar-refractivity contribution in [3.05, 3.63) is 41.8 Å². The first-order valence-electron chi connectivity index (χ1n) is 7.50. The van der Waals surface area contributed by atoms with E-state index in [0.717, 1.165) is 18.4 Å². The molecule has 0 saturated heterocycles. The van der Waals surface area contributed by atoms with Crippen molar-refractivity contribution in [3.63, 3.8) is 0 Å². The van der Waals surface area contributed by atoms with Gasteiger partial charge in [0.2, 0.25) is 5.89 Å². The molecule has 0 aliphatic carbocycles. The molecule has 0 atom stereocenters. The minimum atomic E-state index is -1.02. The third-order valence-electron chi connectivity index (χ3n) is 3.43. The number of benzene rings is 1. The summed E-state index contributed by atoms with van der Waals surface area (Å²) in [5.41, 5.74) is 0.849. The van der Waals surface area contributed by atoms with E-state index in [2.05, 4.69) is 11.9 Å². The highest BCUT2D eigenvalue weighted by molar-refractivity contribution is 5.87. The number of aryl methyl sites for hydroxylation is 1. The van der Waals surface area contributed by atoms with Gasteiger partial charge in [-0.15, -0.1) is 0 Å². The van der Waals surface area contributed by atoms with E-state index < -0.39 is 5.97 Å². The average Bonchev–Trinajstić information content (AvgIpc) is 2.92. The lowest BCUT2D eigenvalue weighted by Crippen LogP contribution is -2.01. The molecule has 0 spiro atoms. The molecule has 1 N–H and O–H groups in total. The van der Waals surface area contributed by atoms with Crippen molar-refractivity contribution in [2.45, 2.75) is 45.4 Å². The van der Waals surface area contributed by atoms with Crippen LogP contribution in [0, 0.1) is 0 Å². The second-order valence-electron chi connectivity index (χ2n) is 5.13. The van der Waals surface area contributed by atoms with E-state index in [1.165, 1.54) is 19.3 Å². The van der Waals surface area contributed by atoms with E-state index in [1.54, 1.807) is 0 Å². The Labute approximate surface area is 124 Å². The highest BCUT2D eigenvalue weighted by Crippen LogP contribution is 2.23. The molecule has 1 heterocycles. The van der Waals surface area contributed by atoms with Crippen molar-refractivity contribution in [2.24, 2.45) is 0 Å². The van der Waals surface area contributed by atoms with E-state index >= 15 is 0 Å². The quantitative estimate of drug-likeness (QED) is 0.723. The van der Waals surface area contributed by atoms with Crippen molar-refractivity contribution in [1.82, 2.24) is 4.98 Å². The van der Waals surface area contributed by atoms with Crippen LogP contribution in [0.4, 0.5) is 0 Å². The Kier molecular flexibility index (Phi) is 5.55. The first kappa shape index (κ1) is 15.3. The highest BCUT2D eigenvalue weighted by Gasteiger charge is 2.19. The smallest absolute Gasteiger partial charge is 0.358 e. The van der Waals surface area contributed by atoms with Gasteiger partial charge in [-0.2, -0.15) is 0 Å². The molecule has 0 aliphatic heterocycles. The van der Waals surface area contributed by atoms with Gasteiger partial charge in [-0.05, 0) is 18.6 Å². The summed E-state index contributed by atoms with van der Waals surface area (Å²) in [6.45, 7) is 2.17. The Morgan fingerprint density at radius 2 is 1.86 bits per heavy atom. The maximum Gasteiger partial charge on any atom is 0.358 e. The summed E-state index contributed by atoms with van der Waals surface area (Å²) in [6, 6.07) is 9.39. The molecule has 0 bridgehead atoms. The first-order chi connectivity index (χ1) is 10.2. The van der Waals surface area contributed by atoms with Crippen LogP contribution in [-0.4, -0.2) is 16.1 Å². The van der Waals surface area contributed by atoms with E-state index in [9.17, 15) is 9.90 Å². The Balaban J connectivity index is 2.09. The lowest BCUT2D eigenvalue weighted by molar-refractivity contribution is 0.0688. The molecule has 0 fully saturated rings. The molecule has 1 aromatic carbocycles. The number of hydrogen-bond donors (Lipinski definition) is 1. The maximum atomic E-state index is 11.3. The normalized spacial score (nSPS) is 10.7. The Morgan fingerprint density at radius 3 is 2.52 bits per heavy atom. The van der Waals surface area contributed by atoms with Gasteiger partial charge in [-0.1, -0.05) is 50.8 Å². The maximum absolute atomic E-state index is 11.3. The number of aromatic nitrogens is 1. The van der Waals surface area contributed by atoms with Crippen molar-refractivity contribution < 1.29 is 14.3 Å². The molecule has 21 heavy (non-hydrogen) atoms. The van der Waals surface area contributed by atoms with Gasteiger partial charge in [0.15, 0.2) is 5.69 Å². The minimum absolute atomic E-state index is 0.0457. The third kappa shape index (κ3) is 4.18. The third-order valence-corrected chi connectivity index (χ3v) is 3.43. The molecule has 2 rings (SSSR count). The molecule has 0 amide bonds. The Bertz CT molecular complexity index is 575. The van der Waals surface area contributed by atoms with Crippen LogP contribution in [-0.2, 0) is 6.42 Å². The molecule has 4 heteroatoms. The van der Waals surface area contributed by atoms with Gasteiger partial charge in [0.05, 0.1) is 0 Å². The summed E-state index contributed by atoms with van der Waals surface area (Å²) in [7, 11) is 0. The zero-order valence-electron chi connectivity index (χ0n) is 12.3. The van der Waals surface area contributed by atoms with Crippen LogP contribution in [0.5, 0.6) is 0 Å². The summed E-state index contributed by atoms with van der Waals surface area (Å²) in [4.78, 5) is 15.4. The van der Waals surface area contributed by atoms with Crippen LogP contribution in [0.3, 0.4) is 0 Å². The number of unbranched alkanes of at least 4 members (excludes halogenated alkanes) is 4. The predicted molar refractivity (Wildman–Crippen MR) is 81.4 cm³/mol. The van der Waals surface area contributed by atoms with Gasteiger partial charge >= 0.3 is 5.97 Å². The topological polar surface area (TPSA) is 63.3 Å². The fourth-order valence-corrected chi connectivity index (χ4v) is 2.28. The molecule has 0 radical (unpaired) electrons. The monoisotopic (exact) mass is 287 g/mol. The standard InChI is InChI=1S/C17H21NO3/c1-2-3-4-5-9-12-14-15(17(19)20)18-16(21-14)13-10-7-6-8-11-13/h6-8,10-11H,2-5,9,12H2,1H3,(H,19,20). The van der Waals surface area contributed by atoms with Crippen LogP contribution in [0.15, 0.2) is 34.7 Å². The molecule has 2 aromatic rings. The number of aromatic carboxylic acids is 1. The lowest BCUT2D eigenvalue weighted by Gasteiger charge is -1.99. The van der Waals surface area contributed by atoms with E-state index in [1.807, 2.05) is 30.3 Å². The number of oxazole rings is 1. The first-order valence-corrected chi connectivity index (χ1v) is 7.50. The van der Waals surface area contributed by atoms with E-state index in [4.69, 9.17) is 4.42 Å². The molecule has 1 aromatic heterocycles. The largest absolute Gasteiger partial charge is 0.476 e. The van der Waals surface area contributed by atoms with Crippen LogP contribution >= 0.6 is 0 Å². The Morgan fingerprint density at radius 1 is 1.14 bits per heavy atom. The molecule has 0 unspecified atom stereocenters. The SMILES string of the molecule is CCCCCCCc1oc(-c2ccccc2)nc1C(=O)O. The van der Waals surface area contributed by atoms with Crippen LogP contribution in [0.25, 0.3) is 11.5 Å². The van der Waals surface area contributed by atoms with Crippen LogP contribution in [0.2, 0.25) is 0 Å². The molecule has 112 valence electrons. The average molecular weight is 287 g/mol. The zero-order valence-corrected chi connectivity index (χ0v) is 12.3. The second-order valence-corrected chi connectivity index (χ2v) is 5.13. The van der Waals surface area contributed by atoms with Crippen molar-refractivity contribution in [2.75, 3.05) is 0 Å². The summed E-state index contributed by atoms with van der Waals surface area (Å²) < 4.78 is 5.68. The van der Waals surface area contributed by atoms with Gasteiger partial charge in [0.1, 0.15) is 5.76 Å². The van der Waals surface area contributed by atoms with Crippen molar-refractivity contribution in [3.8, 4) is 11.5 Å². The number of carbonyl (C=O) groups is 1. The van der Waals surface area contributed by atoms with E-state index in [0.29, 0.717) is 18.1 Å². The number of hydrogen-bond acceptors (Lipinski definition) is 3. The predicted octanol–water partition coefficient (Wildman–Crippen LogP) is 4.55. The summed E-state index contributed by atoms with van der Waals surface area (Å²) in [5.74, 6) is -0.154.